The van der Waals surface area contributed by atoms with Gasteiger partial charge in [0.05, 0.1) is 24.2 Å². The van der Waals surface area contributed by atoms with Gasteiger partial charge in [-0.25, -0.2) is 9.78 Å². The number of amides is 1. The first-order valence-corrected chi connectivity index (χ1v) is 10.8. The normalized spacial score (nSPS) is 15.8. The Kier molecular flexibility index (Phi) is 5.50. The molecule has 1 atom stereocenters. The standard InChI is InChI=1S/C26H25N3O3/c1-31-21-10-5-9-19(15-21)20-12-13-22-23(16-20)28-25(27-22)24-11-6-14-29(24)26(30)32-17-18-7-3-2-4-8-18/h2-5,7-10,12-13,15-16,24H,6,11,14,17H2,1H3,(H,27,28). The van der Waals surface area contributed by atoms with E-state index in [9.17, 15) is 4.79 Å². The van der Waals surface area contributed by atoms with Crippen LogP contribution in [0, 0.1) is 0 Å². The summed E-state index contributed by atoms with van der Waals surface area (Å²) >= 11 is 0. The van der Waals surface area contributed by atoms with E-state index in [1.54, 1.807) is 12.0 Å². The molecule has 1 fully saturated rings. The van der Waals surface area contributed by atoms with Crippen LogP contribution in [0.15, 0.2) is 72.8 Å². The molecule has 0 saturated carbocycles. The molecule has 4 aromatic rings. The molecule has 5 rings (SSSR count). The van der Waals surface area contributed by atoms with Crippen LogP contribution < -0.4 is 4.74 Å². The number of aromatic amines is 1. The van der Waals surface area contributed by atoms with E-state index in [4.69, 9.17) is 14.5 Å². The maximum absolute atomic E-state index is 12.8. The van der Waals surface area contributed by atoms with Crippen molar-refractivity contribution in [3.05, 3.63) is 84.2 Å². The zero-order chi connectivity index (χ0) is 21.9. The predicted octanol–water partition coefficient (Wildman–Crippen LogP) is 5.71. The summed E-state index contributed by atoms with van der Waals surface area (Å²) in [7, 11) is 1.67. The van der Waals surface area contributed by atoms with Gasteiger partial charge in [0.15, 0.2) is 0 Å². The molecule has 1 saturated heterocycles. The Hall–Kier alpha value is -3.80. The predicted molar refractivity (Wildman–Crippen MR) is 123 cm³/mol. The third kappa shape index (κ3) is 4.04. The van der Waals surface area contributed by atoms with Crippen molar-refractivity contribution < 1.29 is 14.3 Å². The van der Waals surface area contributed by atoms with Gasteiger partial charge in [-0.05, 0) is 53.8 Å². The number of fused-ring (bicyclic) bond motifs is 1. The van der Waals surface area contributed by atoms with E-state index in [0.29, 0.717) is 6.54 Å². The molecular weight excluding hydrogens is 402 g/mol. The summed E-state index contributed by atoms with van der Waals surface area (Å²) in [5.74, 6) is 1.63. The molecule has 2 heterocycles. The van der Waals surface area contributed by atoms with Gasteiger partial charge in [0.1, 0.15) is 18.2 Å². The number of carbonyl (C=O) groups is 1. The van der Waals surface area contributed by atoms with Gasteiger partial charge < -0.3 is 14.5 Å². The summed E-state index contributed by atoms with van der Waals surface area (Å²) in [4.78, 5) is 22.8. The number of likely N-dealkylation sites (tertiary alicyclic amines) is 1. The monoisotopic (exact) mass is 427 g/mol. The number of H-pyrrole nitrogens is 1. The van der Waals surface area contributed by atoms with Crippen molar-refractivity contribution >= 4 is 17.1 Å². The van der Waals surface area contributed by atoms with E-state index < -0.39 is 0 Å². The van der Waals surface area contributed by atoms with Gasteiger partial charge in [-0.3, -0.25) is 4.90 Å². The Balaban J connectivity index is 1.35. The lowest BCUT2D eigenvalue weighted by Crippen LogP contribution is -2.31. The first-order valence-electron chi connectivity index (χ1n) is 10.8. The fourth-order valence-corrected chi connectivity index (χ4v) is 4.24. The van der Waals surface area contributed by atoms with Crippen molar-refractivity contribution in [2.24, 2.45) is 0 Å². The van der Waals surface area contributed by atoms with Crippen molar-refractivity contribution in [1.29, 1.82) is 0 Å². The largest absolute Gasteiger partial charge is 0.497 e. The lowest BCUT2D eigenvalue weighted by molar-refractivity contribution is 0.0910. The van der Waals surface area contributed by atoms with Gasteiger partial charge in [-0.2, -0.15) is 0 Å². The topological polar surface area (TPSA) is 67.4 Å². The van der Waals surface area contributed by atoms with Gasteiger partial charge in [-0.1, -0.05) is 48.5 Å². The number of rotatable bonds is 5. The highest BCUT2D eigenvalue weighted by molar-refractivity contribution is 5.82. The number of ether oxygens (including phenoxy) is 2. The number of carbonyl (C=O) groups excluding carboxylic acids is 1. The van der Waals surface area contributed by atoms with Crippen LogP contribution in [0.1, 0.15) is 30.3 Å². The van der Waals surface area contributed by atoms with Crippen molar-refractivity contribution in [2.75, 3.05) is 13.7 Å². The quantitative estimate of drug-likeness (QED) is 0.443. The van der Waals surface area contributed by atoms with E-state index in [0.717, 1.165) is 52.1 Å². The number of aromatic nitrogens is 2. The molecule has 32 heavy (non-hydrogen) atoms. The maximum Gasteiger partial charge on any atom is 0.410 e. The van der Waals surface area contributed by atoms with Gasteiger partial charge in [0.2, 0.25) is 0 Å². The molecule has 0 bridgehead atoms. The molecular formula is C26H25N3O3. The smallest absolute Gasteiger partial charge is 0.410 e. The van der Waals surface area contributed by atoms with Crippen LogP contribution >= 0.6 is 0 Å². The summed E-state index contributed by atoms with van der Waals surface area (Å²) < 4.78 is 10.9. The Morgan fingerprint density at radius 2 is 1.91 bits per heavy atom. The zero-order valence-corrected chi connectivity index (χ0v) is 18.0. The lowest BCUT2D eigenvalue weighted by Gasteiger charge is -2.22. The van der Waals surface area contributed by atoms with Gasteiger partial charge in [0.25, 0.3) is 0 Å². The van der Waals surface area contributed by atoms with E-state index >= 15 is 0 Å². The van der Waals surface area contributed by atoms with E-state index in [1.807, 2.05) is 54.6 Å². The Morgan fingerprint density at radius 3 is 2.75 bits per heavy atom. The molecule has 162 valence electrons. The summed E-state index contributed by atoms with van der Waals surface area (Å²) in [6, 6.07) is 23.8. The van der Waals surface area contributed by atoms with E-state index in [-0.39, 0.29) is 18.7 Å². The fraction of sp³-hybridized carbons (Fsp3) is 0.231. The van der Waals surface area contributed by atoms with Crippen molar-refractivity contribution in [3.8, 4) is 16.9 Å². The van der Waals surface area contributed by atoms with Crippen LogP contribution in [0.4, 0.5) is 4.79 Å². The summed E-state index contributed by atoms with van der Waals surface area (Å²) in [5.41, 5.74) is 4.97. The van der Waals surface area contributed by atoms with Gasteiger partial charge in [0, 0.05) is 6.54 Å². The van der Waals surface area contributed by atoms with Gasteiger partial charge >= 0.3 is 6.09 Å². The minimum atomic E-state index is -0.297. The molecule has 1 amide bonds. The molecule has 1 aliphatic rings. The third-order valence-corrected chi connectivity index (χ3v) is 5.91. The molecule has 0 aliphatic carbocycles. The third-order valence-electron chi connectivity index (χ3n) is 5.91. The molecule has 0 radical (unpaired) electrons. The molecule has 1 aliphatic heterocycles. The Bertz CT molecular complexity index is 1240. The highest BCUT2D eigenvalue weighted by atomic mass is 16.6. The first-order chi connectivity index (χ1) is 15.7. The number of nitrogens with one attached hydrogen (secondary N) is 1. The van der Waals surface area contributed by atoms with Crippen molar-refractivity contribution in [3.63, 3.8) is 0 Å². The molecule has 6 heteroatoms. The van der Waals surface area contributed by atoms with Crippen LogP contribution in [0.2, 0.25) is 0 Å². The second-order valence-corrected chi connectivity index (χ2v) is 7.98. The molecule has 6 nitrogen and oxygen atoms in total. The fourth-order valence-electron chi connectivity index (χ4n) is 4.24. The second-order valence-electron chi connectivity index (χ2n) is 7.98. The first kappa shape index (κ1) is 20.1. The van der Waals surface area contributed by atoms with Crippen LogP contribution in [-0.4, -0.2) is 34.6 Å². The van der Waals surface area contributed by atoms with Gasteiger partial charge in [-0.15, -0.1) is 0 Å². The van der Waals surface area contributed by atoms with Crippen LogP contribution in [0.25, 0.3) is 22.2 Å². The Morgan fingerprint density at radius 1 is 1.06 bits per heavy atom. The summed E-state index contributed by atoms with van der Waals surface area (Å²) in [5, 5.41) is 0. The molecule has 0 spiro atoms. The minimum absolute atomic E-state index is 0.106. The molecule has 1 unspecified atom stereocenters. The Labute approximate surface area is 186 Å². The number of benzene rings is 3. The number of methoxy groups -OCH3 is 1. The lowest BCUT2D eigenvalue weighted by atomic mass is 10.1. The summed E-state index contributed by atoms with van der Waals surface area (Å²) in [6.45, 7) is 0.942. The van der Waals surface area contributed by atoms with E-state index in [1.165, 1.54) is 0 Å². The molecule has 3 aromatic carbocycles. The maximum atomic E-state index is 12.8. The number of nitrogens with zero attached hydrogens (tertiary/aromatic N) is 2. The number of imidazole rings is 1. The van der Waals surface area contributed by atoms with Crippen molar-refractivity contribution in [2.45, 2.75) is 25.5 Å². The van der Waals surface area contributed by atoms with E-state index in [2.05, 4.69) is 23.2 Å². The average Bonchev–Trinajstić information content (AvgIpc) is 3.50. The molecule has 1 aromatic heterocycles. The minimum Gasteiger partial charge on any atom is -0.497 e. The molecule has 1 N–H and O–H groups in total. The van der Waals surface area contributed by atoms with Crippen molar-refractivity contribution in [1.82, 2.24) is 14.9 Å². The second kappa shape index (κ2) is 8.75. The summed E-state index contributed by atoms with van der Waals surface area (Å²) in [6.07, 6.45) is 1.49. The van der Waals surface area contributed by atoms with Crippen LogP contribution in [-0.2, 0) is 11.3 Å². The average molecular weight is 428 g/mol. The van der Waals surface area contributed by atoms with Crippen LogP contribution in [0.5, 0.6) is 5.75 Å². The highest BCUT2D eigenvalue weighted by Crippen LogP contribution is 2.33. The number of hydrogen-bond acceptors (Lipinski definition) is 4. The number of hydrogen-bond donors (Lipinski definition) is 1. The van der Waals surface area contributed by atoms with Crippen LogP contribution in [0.3, 0.4) is 0 Å². The highest BCUT2D eigenvalue weighted by Gasteiger charge is 2.33. The zero-order valence-electron chi connectivity index (χ0n) is 18.0. The SMILES string of the molecule is COc1cccc(-c2ccc3nc(C4CCCN4C(=O)OCc4ccccc4)[nH]c3c2)c1.